The Balaban J connectivity index is 0.000000265. The number of anilines is 2. The van der Waals surface area contributed by atoms with E-state index in [9.17, 15) is 52.8 Å². The summed E-state index contributed by atoms with van der Waals surface area (Å²) in [6.07, 6.45) is 4.90. The van der Waals surface area contributed by atoms with E-state index < -0.39 is 37.0 Å². The number of aromatic nitrogens is 4. The molecule has 0 saturated carbocycles. The molecule has 0 unspecified atom stereocenters. The van der Waals surface area contributed by atoms with Crippen molar-refractivity contribution >= 4 is 78.7 Å². The fraction of sp³-hybridized carbons (Fsp3) is 0.362. The van der Waals surface area contributed by atoms with Crippen molar-refractivity contribution in [2.75, 3.05) is 36.2 Å². The topological polar surface area (TPSA) is 233 Å². The maximum absolute atomic E-state index is 13.0. The Kier molecular flexibility index (Phi) is 19.5. The molecule has 0 spiro atoms. The van der Waals surface area contributed by atoms with Crippen LogP contribution in [-0.2, 0) is 46.0 Å². The van der Waals surface area contributed by atoms with E-state index >= 15 is 0 Å². The number of carbonyl (C=O) groups excluding carboxylic acids is 1. The largest absolute Gasteiger partial charge is 0.516 e. The van der Waals surface area contributed by atoms with E-state index in [1.165, 1.54) is 23.9 Å². The van der Waals surface area contributed by atoms with Gasteiger partial charge in [0.2, 0.25) is 0 Å². The maximum atomic E-state index is 13.0. The molecular formula is C47H57ClF6N12O7S2. The molecule has 0 atom stereocenters. The number of aryl methyl sites for hydroxylation is 4. The second-order valence-electron chi connectivity index (χ2n) is 16.5. The van der Waals surface area contributed by atoms with Gasteiger partial charge in [-0.1, -0.05) is 57.7 Å². The number of benzene rings is 2. The lowest BCUT2D eigenvalue weighted by molar-refractivity contribution is -0.0478. The zero-order valence-electron chi connectivity index (χ0n) is 40.7. The third-order valence-electron chi connectivity index (χ3n) is 11.4. The van der Waals surface area contributed by atoms with Crippen molar-refractivity contribution in [3.8, 4) is 0 Å². The predicted octanol–water partition coefficient (Wildman–Crippen LogP) is 7.85. The Morgan fingerprint density at radius 1 is 0.627 bits per heavy atom. The summed E-state index contributed by atoms with van der Waals surface area (Å²) in [6.45, 7) is 10.0. The molecule has 4 N–H and O–H groups in total. The summed E-state index contributed by atoms with van der Waals surface area (Å²) in [7, 11) is -10.9. The van der Waals surface area contributed by atoms with Crippen LogP contribution < -0.4 is 21.1 Å². The number of aromatic carboxylic acids is 1. The molecule has 0 fully saturated rings. The standard InChI is InChI=1S/C23H25F3N6O3S.C12H15F3N4O2S.C11H12N2O2.CH4.ClH/c1-4-19-21(30-14-15(2)5-10-20(30)28-19)22(33)27-13-17-6-8-18(9-7-17)31-11-12-32(16(3)29-31)36(34,35)23(24,25)26;1-9-17-18(11-4-2-10(8-16)3-5-11)6-7-19(9)22(20,21)12(13,14)15;1-3-8-10(11(14)15)13-6-7(2)4-5-9(13)12-8;;/h5-10,14H,4,11-13H2,1-3H3,(H,27,33);2-5H,6-8,16H2,1H3;4-6H,3H2,1-2H3,(H,14,15);1H4;1H. The summed E-state index contributed by atoms with van der Waals surface area (Å²) in [5.74, 6) is -1.68. The number of amidine groups is 2. The number of carbonyl (C=O) groups is 2. The van der Waals surface area contributed by atoms with E-state index in [0.29, 0.717) is 59.1 Å². The van der Waals surface area contributed by atoms with E-state index in [2.05, 4.69) is 25.5 Å². The highest BCUT2D eigenvalue weighted by Crippen LogP contribution is 2.31. The first-order valence-corrected chi connectivity index (χ1v) is 25.3. The van der Waals surface area contributed by atoms with Gasteiger partial charge in [0.25, 0.3) is 5.91 Å². The highest BCUT2D eigenvalue weighted by atomic mass is 35.5. The van der Waals surface area contributed by atoms with Gasteiger partial charge in [-0.05, 0) is 99.2 Å². The maximum Gasteiger partial charge on any atom is 0.516 e. The van der Waals surface area contributed by atoms with E-state index in [4.69, 9.17) is 10.8 Å². The summed E-state index contributed by atoms with van der Waals surface area (Å²) < 4.78 is 127. The van der Waals surface area contributed by atoms with Crippen molar-refractivity contribution in [1.29, 1.82) is 0 Å². The Bertz CT molecular complexity index is 3300. The van der Waals surface area contributed by atoms with Gasteiger partial charge in [-0.15, -0.1) is 12.4 Å². The summed E-state index contributed by atoms with van der Waals surface area (Å²) in [5.41, 5.74) is 3.21. The second-order valence-corrected chi connectivity index (χ2v) is 20.2. The number of carboxylic acid groups (broad SMARTS) is 1. The van der Waals surface area contributed by atoms with Gasteiger partial charge in [0.1, 0.15) is 28.7 Å². The van der Waals surface area contributed by atoms with E-state index in [-0.39, 0.29) is 84.4 Å². The van der Waals surface area contributed by atoms with Crippen LogP contribution in [0.5, 0.6) is 0 Å². The molecule has 0 bridgehead atoms. The predicted molar refractivity (Wildman–Crippen MR) is 276 cm³/mol. The molecule has 0 radical (unpaired) electrons. The van der Waals surface area contributed by atoms with Crippen LogP contribution in [-0.4, -0.2) is 110 Å². The van der Waals surface area contributed by atoms with Gasteiger partial charge in [-0.3, -0.25) is 23.6 Å². The normalized spacial score (nSPS) is 14.1. The lowest BCUT2D eigenvalue weighted by Crippen LogP contribution is -2.50. The fourth-order valence-electron chi connectivity index (χ4n) is 7.67. The number of fused-ring (bicyclic) bond motifs is 2. The average molecular weight is 1120 g/mol. The molecule has 19 nitrogen and oxygen atoms in total. The van der Waals surface area contributed by atoms with Crippen LogP contribution in [0.25, 0.3) is 11.3 Å². The minimum atomic E-state index is -5.49. The zero-order chi connectivity index (χ0) is 53.8. The lowest BCUT2D eigenvalue weighted by atomic mass is 10.2. The number of rotatable bonds is 11. The monoisotopic (exact) mass is 1110 g/mol. The molecule has 2 aromatic carbocycles. The van der Waals surface area contributed by atoms with Crippen LogP contribution in [0, 0.1) is 13.8 Å². The number of carboxylic acids is 1. The first-order chi connectivity index (χ1) is 34.2. The number of halogens is 7. The number of amides is 1. The van der Waals surface area contributed by atoms with Gasteiger partial charge in [0.05, 0.1) is 48.9 Å². The zero-order valence-corrected chi connectivity index (χ0v) is 43.1. The van der Waals surface area contributed by atoms with Gasteiger partial charge in [0, 0.05) is 25.5 Å². The van der Waals surface area contributed by atoms with Gasteiger partial charge in [-0.2, -0.15) is 53.4 Å². The smallest absolute Gasteiger partial charge is 0.477 e. The SMILES string of the molecule is C.CC1=NN(c2ccc(CN)cc2)CCN1S(=O)(=O)C(F)(F)F.CCc1nc2ccc(C)cn2c1C(=O)NCc1ccc(N2CCN(S(=O)(=O)C(F)(F)F)C(C)=N2)cc1.CCc1nc2ccc(C)cn2c1C(=O)O.Cl. The number of pyridine rings is 2. The fourth-order valence-corrected chi connectivity index (χ4v) is 9.58. The van der Waals surface area contributed by atoms with Crippen molar-refractivity contribution in [2.45, 2.75) is 85.9 Å². The molecule has 4 aromatic heterocycles. The average Bonchev–Trinajstić information content (AvgIpc) is 3.90. The summed E-state index contributed by atoms with van der Waals surface area (Å²) >= 11 is 0. The molecule has 2 aliphatic rings. The summed E-state index contributed by atoms with van der Waals surface area (Å²) in [4.78, 5) is 32.9. The van der Waals surface area contributed by atoms with Gasteiger partial charge >= 0.3 is 37.0 Å². The quantitative estimate of drug-likeness (QED) is 0.105. The minimum Gasteiger partial charge on any atom is -0.477 e. The van der Waals surface area contributed by atoms with Crippen LogP contribution in [0.15, 0.2) is 95.4 Å². The highest BCUT2D eigenvalue weighted by Gasteiger charge is 2.52. The number of hydrogen-bond acceptors (Lipinski definition) is 13. The highest BCUT2D eigenvalue weighted by molar-refractivity contribution is 7.90. The minimum absolute atomic E-state index is 0. The molecule has 8 rings (SSSR count). The van der Waals surface area contributed by atoms with E-state index in [1.54, 1.807) is 63.5 Å². The van der Waals surface area contributed by atoms with E-state index in [0.717, 1.165) is 22.3 Å². The molecule has 408 valence electrons. The Morgan fingerprint density at radius 3 is 1.37 bits per heavy atom. The molecular weight excluding hydrogens is 1060 g/mol. The van der Waals surface area contributed by atoms with E-state index in [1.807, 2.05) is 58.2 Å². The molecule has 75 heavy (non-hydrogen) atoms. The Morgan fingerprint density at radius 2 is 1.01 bits per heavy atom. The lowest BCUT2D eigenvalue weighted by Gasteiger charge is -2.33. The number of nitrogens with two attached hydrogens (primary N) is 1. The molecule has 0 aliphatic carbocycles. The molecule has 1 amide bonds. The second kappa shape index (κ2) is 24.1. The van der Waals surface area contributed by atoms with Crippen LogP contribution >= 0.6 is 12.4 Å². The van der Waals surface area contributed by atoms with Crippen molar-refractivity contribution in [3.05, 3.63) is 130 Å². The van der Waals surface area contributed by atoms with Crippen LogP contribution in [0.3, 0.4) is 0 Å². The first kappa shape index (κ1) is 60.6. The Labute approximate surface area is 435 Å². The number of nitrogens with zero attached hydrogens (tertiary/aromatic N) is 10. The van der Waals surface area contributed by atoms with Crippen LogP contribution in [0.1, 0.15) is 89.7 Å². The Hall–Kier alpha value is -6.97. The van der Waals surface area contributed by atoms with Crippen molar-refractivity contribution in [1.82, 2.24) is 32.7 Å². The molecule has 6 aromatic rings. The number of imidazole rings is 2. The molecule has 28 heteroatoms. The molecule has 0 saturated heterocycles. The van der Waals surface area contributed by atoms with Gasteiger partial charge < -0.3 is 16.2 Å². The first-order valence-electron chi connectivity index (χ1n) is 22.4. The third kappa shape index (κ3) is 13.3. The van der Waals surface area contributed by atoms with Crippen LogP contribution in [0.2, 0.25) is 0 Å². The molecule has 6 heterocycles. The van der Waals surface area contributed by atoms with Crippen molar-refractivity contribution < 1.29 is 57.9 Å². The summed E-state index contributed by atoms with van der Waals surface area (Å²) in [5, 5.41) is 22.9. The number of nitrogens with one attached hydrogen (secondary N) is 1. The van der Waals surface area contributed by atoms with Gasteiger partial charge in [-0.25, -0.2) is 23.4 Å². The van der Waals surface area contributed by atoms with Crippen molar-refractivity contribution in [3.63, 3.8) is 0 Å². The number of sulfonamides is 2. The van der Waals surface area contributed by atoms with Crippen LogP contribution in [0.4, 0.5) is 37.7 Å². The number of alkyl halides is 6. The number of hydrazone groups is 2. The van der Waals surface area contributed by atoms with Gasteiger partial charge in [0.15, 0.2) is 5.69 Å². The number of hydrogen-bond donors (Lipinski definition) is 3. The third-order valence-corrected chi connectivity index (χ3v) is 14.6. The summed E-state index contributed by atoms with van der Waals surface area (Å²) in [6, 6.07) is 21.5. The van der Waals surface area contributed by atoms with Crippen molar-refractivity contribution in [2.24, 2.45) is 15.9 Å². The molecule has 2 aliphatic heterocycles.